The molecule has 110 valence electrons. The summed E-state index contributed by atoms with van der Waals surface area (Å²) in [5.41, 5.74) is 0. The molecule has 3 rings (SSSR count). The zero-order valence-corrected chi connectivity index (χ0v) is 12.6. The van der Waals surface area contributed by atoms with Gasteiger partial charge in [-0.25, -0.2) is 0 Å². The highest BCUT2D eigenvalue weighted by Crippen LogP contribution is 2.34. The number of nitrogens with one attached hydrogen (secondary N) is 1. The van der Waals surface area contributed by atoms with Crippen LogP contribution in [0.4, 0.5) is 0 Å². The summed E-state index contributed by atoms with van der Waals surface area (Å²) in [5.74, 6) is 0.934. The minimum atomic E-state index is 0.882. The van der Waals surface area contributed by atoms with Gasteiger partial charge in [-0.3, -0.25) is 9.80 Å². The summed E-state index contributed by atoms with van der Waals surface area (Å²) in [7, 11) is 0. The standard InChI is InChI=1S/C16H31N3/c1-2-8-17-12-14-5-6-16(14)19-11-7-15(13-19)18-9-3-4-10-18/h14-17H,2-13H2,1H3. The van der Waals surface area contributed by atoms with Gasteiger partial charge < -0.3 is 5.32 Å². The van der Waals surface area contributed by atoms with Crippen LogP contribution in [0.2, 0.25) is 0 Å². The van der Waals surface area contributed by atoms with Crippen molar-refractivity contribution in [3.63, 3.8) is 0 Å². The van der Waals surface area contributed by atoms with Gasteiger partial charge in [-0.2, -0.15) is 0 Å². The molecule has 0 aromatic carbocycles. The van der Waals surface area contributed by atoms with Gasteiger partial charge in [0.15, 0.2) is 0 Å². The number of hydrogen-bond donors (Lipinski definition) is 1. The molecule has 19 heavy (non-hydrogen) atoms. The summed E-state index contributed by atoms with van der Waals surface area (Å²) >= 11 is 0. The molecule has 0 aromatic rings. The molecule has 2 saturated heterocycles. The molecule has 0 radical (unpaired) electrons. The normalized spacial score (nSPS) is 36.8. The Kier molecular flexibility index (Phi) is 4.78. The van der Waals surface area contributed by atoms with Crippen LogP contribution in [0, 0.1) is 5.92 Å². The molecule has 2 aliphatic heterocycles. The molecule has 2 heterocycles. The van der Waals surface area contributed by atoms with Crippen LogP contribution in [0.5, 0.6) is 0 Å². The highest BCUT2D eigenvalue weighted by molar-refractivity contribution is 4.95. The Morgan fingerprint density at radius 1 is 1.00 bits per heavy atom. The molecule has 0 amide bonds. The Bertz CT molecular complexity index is 275. The molecule has 1 saturated carbocycles. The van der Waals surface area contributed by atoms with E-state index in [-0.39, 0.29) is 0 Å². The second-order valence-corrected chi connectivity index (χ2v) is 6.79. The highest BCUT2D eigenvalue weighted by Gasteiger charge is 2.39. The molecule has 1 N–H and O–H groups in total. The Balaban J connectivity index is 1.42. The van der Waals surface area contributed by atoms with E-state index in [1.807, 2.05) is 0 Å². The second kappa shape index (κ2) is 6.55. The van der Waals surface area contributed by atoms with E-state index in [1.165, 1.54) is 77.8 Å². The van der Waals surface area contributed by atoms with Crippen LogP contribution in [-0.4, -0.2) is 61.2 Å². The summed E-state index contributed by atoms with van der Waals surface area (Å²) in [6.45, 7) is 10.1. The van der Waals surface area contributed by atoms with Gasteiger partial charge in [-0.1, -0.05) is 6.92 Å². The summed E-state index contributed by atoms with van der Waals surface area (Å²) in [5, 5.41) is 3.62. The lowest BCUT2D eigenvalue weighted by molar-refractivity contribution is 0.0751. The smallest absolute Gasteiger partial charge is 0.0235 e. The van der Waals surface area contributed by atoms with E-state index < -0.39 is 0 Å². The maximum absolute atomic E-state index is 3.62. The van der Waals surface area contributed by atoms with Gasteiger partial charge in [-0.05, 0) is 70.6 Å². The first-order valence-corrected chi connectivity index (χ1v) is 8.57. The van der Waals surface area contributed by atoms with E-state index in [0.717, 1.165) is 18.0 Å². The maximum atomic E-state index is 3.62. The summed E-state index contributed by atoms with van der Waals surface area (Å²) in [4.78, 5) is 5.56. The van der Waals surface area contributed by atoms with Crippen LogP contribution in [0.3, 0.4) is 0 Å². The molecule has 3 unspecified atom stereocenters. The molecule has 3 nitrogen and oxygen atoms in total. The van der Waals surface area contributed by atoms with Gasteiger partial charge in [0.25, 0.3) is 0 Å². The molecular formula is C16H31N3. The zero-order valence-electron chi connectivity index (χ0n) is 12.6. The van der Waals surface area contributed by atoms with Crippen molar-refractivity contribution in [1.29, 1.82) is 0 Å². The zero-order chi connectivity index (χ0) is 13.1. The van der Waals surface area contributed by atoms with E-state index in [4.69, 9.17) is 0 Å². The monoisotopic (exact) mass is 265 g/mol. The number of rotatable bonds is 6. The Labute approximate surface area is 118 Å². The summed E-state index contributed by atoms with van der Waals surface area (Å²) < 4.78 is 0. The van der Waals surface area contributed by atoms with Gasteiger partial charge in [-0.15, -0.1) is 0 Å². The van der Waals surface area contributed by atoms with Gasteiger partial charge in [0.05, 0.1) is 0 Å². The third kappa shape index (κ3) is 3.14. The minimum absolute atomic E-state index is 0.882. The Morgan fingerprint density at radius 3 is 2.53 bits per heavy atom. The Morgan fingerprint density at radius 2 is 1.84 bits per heavy atom. The van der Waals surface area contributed by atoms with Crippen molar-refractivity contribution in [2.24, 2.45) is 5.92 Å². The van der Waals surface area contributed by atoms with E-state index in [2.05, 4.69) is 22.0 Å². The first-order valence-electron chi connectivity index (χ1n) is 8.57. The lowest BCUT2D eigenvalue weighted by atomic mass is 9.78. The van der Waals surface area contributed by atoms with E-state index in [1.54, 1.807) is 0 Å². The maximum Gasteiger partial charge on any atom is 0.0235 e. The molecule has 3 fully saturated rings. The third-order valence-electron chi connectivity index (χ3n) is 5.53. The first kappa shape index (κ1) is 13.8. The van der Waals surface area contributed by atoms with Crippen LogP contribution < -0.4 is 5.32 Å². The molecule has 3 aliphatic rings. The molecule has 3 atom stereocenters. The van der Waals surface area contributed by atoms with Crippen LogP contribution in [0.25, 0.3) is 0 Å². The van der Waals surface area contributed by atoms with Gasteiger partial charge in [0.1, 0.15) is 0 Å². The second-order valence-electron chi connectivity index (χ2n) is 6.79. The lowest BCUT2D eigenvalue weighted by Gasteiger charge is -2.43. The fourth-order valence-electron chi connectivity index (χ4n) is 4.21. The van der Waals surface area contributed by atoms with Crippen LogP contribution in [0.1, 0.15) is 45.4 Å². The lowest BCUT2D eigenvalue weighted by Crippen LogP contribution is -2.50. The van der Waals surface area contributed by atoms with Gasteiger partial charge in [0.2, 0.25) is 0 Å². The fraction of sp³-hybridized carbons (Fsp3) is 1.00. The third-order valence-corrected chi connectivity index (χ3v) is 5.53. The molecule has 0 bridgehead atoms. The molecule has 3 heteroatoms. The number of hydrogen-bond acceptors (Lipinski definition) is 3. The largest absolute Gasteiger partial charge is 0.316 e. The van der Waals surface area contributed by atoms with E-state index in [9.17, 15) is 0 Å². The van der Waals surface area contributed by atoms with Crippen molar-refractivity contribution in [2.45, 2.75) is 57.5 Å². The van der Waals surface area contributed by atoms with Crippen molar-refractivity contribution in [1.82, 2.24) is 15.1 Å². The Hall–Kier alpha value is -0.120. The topological polar surface area (TPSA) is 18.5 Å². The SMILES string of the molecule is CCCNCC1CCC1N1CCC(N2CCCC2)C1. The van der Waals surface area contributed by atoms with Gasteiger partial charge in [0, 0.05) is 25.2 Å². The average molecular weight is 265 g/mol. The molecule has 0 aromatic heterocycles. The van der Waals surface area contributed by atoms with Crippen molar-refractivity contribution >= 4 is 0 Å². The number of nitrogens with zero attached hydrogens (tertiary/aromatic N) is 2. The number of likely N-dealkylation sites (tertiary alicyclic amines) is 2. The first-order chi connectivity index (χ1) is 9.38. The predicted molar refractivity (Wildman–Crippen MR) is 80.5 cm³/mol. The van der Waals surface area contributed by atoms with Crippen LogP contribution in [-0.2, 0) is 0 Å². The molecular weight excluding hydrogens is 234 g/mol. The quantitative estimate of drug-likeness (QED) is 0.741. The van der Waals surface area contributed by atoms with Crippen molar-refractivity contribution < 1.29 is 0 Å². The average Bonchev–Trinajstić information content (AvgIpc) is 3.03. The molecule has 0 spiro atoms. The van der Waals surface area contributed by atoms with Crippen molar-refractivity contribution in [2.75, 3.05) is 39.3 Å². The van der Waals surface area contributed by atoms with Crippen molar-refractivity contribution in [3.05, 3.63) is 0 Å². The fourth-order valence-corrected chi connectivity index (χ4v) is 4.21. The van der Waals surface area contributed by atoms with E-state index in [0.29, 0.717) is 0 Å². The van der Waals surface area contributed by atoms with Crippen LogP contribution in [0.15, 0.2) is 0 Å². The molecule has 1 aliphatic carbocycles. The minimum Gasteiger partial charge on any atom is -0.316 e. The van der Waals surface area contributed by atoms with Crippen molar-refractivity contribution in [3.8, 4) is 0 Å². The van der Waals surface area contributed by atoms with Gasteiger partial charge >= 0.3 is 0 Å². The summed E-state index contributed by atoms with van der Waals surface area (Å²) in [6, 6.07) is 1.78. The highest BCUT2D eigenvalue weighted by atomic mass is 15.3. The van der Waals surface area contributed by atoms with Crippen LogP contribution >= 0.6 is 0 Å². The summed E-state index contributed by atoms with van der Waals surface area (Å²) in [6.07, 6.45) is 8.45. The van der Waals surface area contributed by atoms with E-state index >= 15 is 0 Å². The predicted octanol–water partition coefficient (Wildman–Crippen LogP) is 1.93.